The molecule has 4 N–H and O–H groups in total. The van der Waals surface area contributed by atoms with Gasteiger partial charge in [0.15, 0.2) is 5.13 Å². The highest BCUT2D eigenvalue weighted by atomic mass is 32.1. The van der Waals surface area contributed by atoms with E-state index in [4.69, 9.17) is 0 Å². The molecule has 180 valence electrons. The molecule has 0 amide bonds. The second-order valence-corrected chi connectivity index (χ2v) is 9.49. The van der Waals surface area contributed by atoms with Crippen LogP contribution in [0, 0.1) is 6.92 Å². The molecular weight excluding hydrogens is 486 g/mol. The number of hydrogen-bond acceptors (Lipinski definition) is 12. The molecule has 0 aliphatic carbocycles. The average molecular weight is 510 g/mol. The van der Waals surface area contributed by atoms with Crippen molar-refractivity contribution in [3.8, 4) is 11.3 Å². The Bertz CT molecular complexity index is 1300. The molecule has 0 unspecified atom stereocenters. The summed E-state index contributed by atoms with van der Waals surface area (Å²) >= 11 is 2.40. The molecule has 11 nitrogen and oxygen atoms in total. The molecule has 0 saturated carbocycles. The number of aromatic nitrogens is 5. The molecule has 1 saturated heterocycles. The summed E-state index contributed by atoms with van der Waals surface area (Å²) < 4.78 is 3.92. The van der Waals surface area contributed by atoms with Crippen molar-refractivity contribution in [3.63, 3.8) is 0 Å². The van der Waals surface area contributed by atoms with E-state index in [0.29, 0.717) is 29.1 Å². The molecule has 5 rings (SSSR count). The number of nitrogens with zero attached hydrogens (tertiary/aromatic N) is 6. The lowest BCUT2D eigenvalue weighted by Gasteiger charge is -2.28. The van der Waals surface area contributed by atoms with Crippen LogP contribution in [0.4, 0.5) is 22.7 Å². The summed E-state index contributed by atoms with van der Waals surface area (Å²) in [7, 11) is 0. The Morgan fingerprint density at radius 2 is 1.97 bits per heavy atom. The van der Waals surface area contributed by atoms with Crippen LogP contribution in [0.5, 0.6) is 0 Å². The van der Waals surface area contributed by atoms with Crippen molar-refractivity contribution in [2.24, 2.45) is 0 Å². The smallest absolute Gasteiger partial charge is 0.347 e. The fourth-order valence-electron chi connectivity index (χ4n) is 3.66. The van der Waals surface area contributed by atoms with Crippen molar-refractivity contribution in [1.82, 2.24) is 29.9 Å². The van der Waals surface area contributed by atoms with Crippen LogP contribution >= 0.6 is 22.9 Å². The number of carboxylic acid groups (broad SMARTS) is 1. The zero-order valence-electron chi connectivity index (χ0n) is 18.9. The highest BCUT2D eigenvalue weighted by molar-refractivity contribution is 7.17. The van der Waals surface area contributed by atoms with Crippen molar-refractivity contribution in [3.05, 3.63) is 51.8 Å². The fraction of sp³-hybridized carbons (Fsp3) is 0.273. The second-order valence-electron chi connectivity index (χ2n) is 7.88. The maximum absolute atomic E-state index is 11.4. The molecule has 0 bridgehead atoms. The minimum atomic E-state index is -0.997. The molecular formula is C22H23N9O2S2. The van der Waals surface area contributed by atoms with E-state index in [2.05, 4.69) is 45.4 Å². The van der Waals surface area contributed by atoms with Crippen LogP contribution in [0.25, 0.3) is 11.3 Å². The summed E-state index contributed by atoms with van der Waals surface area (Å²) in [5, 5.41) is 25.6. The van der Waals surface area contributed by atoms with Gasteiger partial charge in [-0.2, -0.15) is 9.97 Å². The van der Waals surface area contributed by atoms with Gasteiger partial charge in [-0.05, 0) is 24.0 Å². The van der Waals surface area contributed by atoms with Crippen LogP contribution in [0.15, 0.2) is 35.7 Å². The molecule has 1 fully saturated rings. The number of thiazole rings is 1. The lowest BCUT2D eigenvalue weighted by molar-refractivity contribution is 0.0701. The molecule has 3 aromatic heterocycles. The number of carboxylic acids is 1. The maximum atomic E-state index is 11.4. The van der Waals surface area contributed by atoms with Crippen LogP contribution < -0.4 is 20.9 Å². The quantitative estimate of drug-likeness (QED) is 0.278. The first kappa shape index (κ1) is 23.1. The van der Waals surface area contributed by atoms with Gasteiger partial charge in [-0.25, -0.2) is 9.78 Å². The molecule has 4 aromatic rings. The van der Waals surface area contributed by atoms with Gasteiger partial charge in [0.05, 0.1) is 5.69 Å². The van der Waals surface area contributed by atoms with Gasteiger partial charge in [-0.1, -0.05) is 40.1 Å². The van der Waals surface area contributed by atoms with Gasteiger partial charge >= 0.3 is 5.97 Å². The molecule has 1 aromatic carbocycles. The zero-order valence-corrected chi connectivity index (χ0v) is 20.5. The molecule has 13 heteroatoms. The van der Waals surface area contributed by atoms with Gasteiger partial charge in [-0.3, -0.25) is 5.32 Å². The van der Waals surface area contributed by atoms with Crippen LogP contribution in [-0.4, -0.2) is 61.8 Å². The van der Waals surface area contributed by atoms with E-state index < -0.39 is 5.97 Å². The van der Waals surface area contributed by atoms with Gasteiger partial charge < -0.3 is 20.6 Å². The van der Waals surface area contributed by atoms with E-state index in [0.717, 1.165) is 60.2 Å². The number of carbonyl (C=O) groups is 1. The zero-order chi connectivity index (χ0) is 24.2. The summed E-state index contributed by atoms with van der Waals surface area (Å²) in [6.45, 7) is 5.68. The van der Waals surface area contributed by atoms with Crippen molar-refractivity contribution >= 4 is 51.6 Å². The molecule has 35 heavy (non-hydrogen) atoms. The fourth-order valence-corrected chi connectivity index (χ4v) is 4.92. The Labute approximate surface area is 209 Å². The SMILES string of the molecule is Cc1nc(Nc2nc(NCc3ccc(-c4csnn4)cc3)cc(N3CCNCC3)n2)sc1C(=O)O. The third-order valence-electron chi connectivity index (χ3n) is 5.45. The van der Waals surface area contributed by atoms with E-state index in [1.807, 2.05) is 35.7 Å². The molecule has 0 spiro atoms. The normalized spacial score (nSPS) is 13.6. The topological polar surface area (TPSA) is 141 Å². The minimum absolute atomic E-state index is 0.195. The predicted octanol–water partition coefficient (Wildman–Crippen LogP) is 3.22. The maximum Gasteiger partial charge on any atom is 0.347 e. The van der Waals surface area contributed by atoms with E-state index in [1.54, 1.807) is 6.92 Å². The largest absolute Gasteiger partial charge is 0.477 e. The monoisotopic (exact) mass is 509 g/mol. The molecule has 4 heterocycles. The molecule has 0 radical (unpaired) electrons. The van der Waals surface area contributed by atoms with Gasteiger partial charge in [-0.15, -0.1) is 5.10 Å². The minimum Gasteiger partial charge on any atom is -0.477 e. The Kier molecular flexibility index (Phi) is 6.79. The van der Waals surface area contributed by atoms with E-state index >= 15 is 0 Å². The molecule has 1 aliphatic rings. The van der Waals surface area contributed by atoms with E-state index in [1.165, 1.54) is 11.5 Å². The average Bonchev–Trinajstić information content (AvgIpc) is 3.54. The summed E-state index contributed by atoms with van der Waals surface area (Å²) in [4.78, 5) is 27.4. The highest BCUT2D eigenvalue weighted by Crippen LogP contribution is 2.27. The third-order valence-corrected chi connectivity index (χ3v) is 7.01. The first-order valence-corrected chi connectivity index (χ1v) is 12.6. The van der Waals surface area contributed by atoms with Crippen molar-refractivity contribution < 1.29 is 9.90 Å². The van der Waals surface area contributed by atoms with Crippen LogP contribution in [0.1, 0.15) is 20.9 Å². The lowest BCUT2D eigenvalue weighted by Crippen LogP contribution is -2.44. The Balaban J connectivity index is 1.35. The van der Waals surface area contributed by atoms with E-state index in [9.17, 15) is 9.90 Å². The van der Waals surface area contributed by atoms with Gasteiger partial charge in [0.1, 0.15) is 22.2 Å². The second kappa shape index (κ2) is 10.3. The first-order valence-electron chi connectivity index (χ1n) is 11.0. The van der Waals surface area contributed by atoms with Crippen LogP contribution in [0.3, 0.4) is 0 Å². The Hall–Kier alpha value is -3.68. The summed E-state index contributed by atoms with van der Waals surface area (Å²) in [6.07, 6.45) is 0. The first-order chi connectivity index (χ1) is 17.0. The lowest BCUT2D eigenvalue weighted by atomic mass is 10.1. The number of rotatable bonds is 8. The van der Waals surface area contributed by atoms with Crippen LogP contribution in [0.2, 0.25) is 0 Å². The van der Waals surface area contributed by atoms with Gasteiger partial charge in [0.2, 0.25) is 5.95 Å². The van der Waals surface area contributed by atoms with E-state index in [-0.39, 0.29) is 4.88 Å². The molecule has 1 aliphatic heterocycles. The van der Waals surface area contributed by atoms with Gasteiger partial charge in [0.25, 0.3) is 0 Å². The van der Waals surface area contributed by atoms with Crippen molar-refractivity contribution in [1.29, 1.82) is 0 Å². The third kappa shape index (κ3) is 5.53. The number of piperazine rings is 1. The Morgan fingerprint density at radius 1 is 1.17 bits per heavy atom. The van der Waals surface area contributed by atoms with Crippen LogP contribution in [-0.2, 0) is 6.54 Å². The predicted molar refractivity (Wildman–Crippen MR) is 137 cm³/mol. The number of hydrogen-bond donors (Lipinski definition) is 4. The summed E-state index contributed by atoms with van der Waals surface area (Å²) in [5.74, 6) is 0.823. The highest BCUT2D eigenvalue weighted by Gasteiger charge is 2.17. The van der Waals surface area contributed by atoms with Crippen molar-refractivity contribution in [2.75, 3.05) is 41.7 Å². The summed E-state index contributed by atoms with van der Waals surface area (Å²) in [6, 6.07) is 10.1. The standard InChI is InChI=1S/C22H23N9O2S2/c1-13-19(20(32)33)35-22(25-13)28-21-26-17(10-18(27-21)31-8-6-23-7-9-31)24-11-14-2-4-15(5-3-14)16-12-34-30-29-16/h2-5,10,12,23H,6-9,11H2,1H3,(H,32,33)(H2,24,25,26,27,28). The van der Waals surface area contributed by atoms with Crippen molar-refractivity contribution in [2.45, 2.75) is 13.5 Å². The van der Waals surface area contributed by atoms with Gasteiger partial charge in [0, 0.05) is 49.7 Å². The Morgan fingerprint density at radius 3 is 2.66 bits per heavy atom. The number of aryl methyl sites for hydroxylation is 1. The number of anilines is 4. The summed E-state index contributed by atoms with van der Waals surface area (Å²) in [5.41, 5.74) is 3.44. The number of aromatic carboxylic acids is 1. The number of nitrogens with one attached hydrogen (secondary N) is 3. The molecule has 0 atom stereocenters. The number of benzene rings is 1.